The lowest BCUT2D eigenvalue weighted by Crippen LogP contribution is -2.01. The lowest BCUT2D eigenvalue weighted by molar-refractivity contribution is 0.167. The van der Waals surface area contributed by atoms with Crippen LogP contribution in [-0.2, 0) is 6.42 Å². The molecule has 1 aliphatic rings. The summed E-state index contributed by atoms with van der Waals surface area (Å²) in [4.78, 5) is 0. The Morgan fingerprint density at radius 3 is 3.00 bits per heavy atom. The van der Waals surface area contributed by atoms with Gasteiger partial charge in [0, 0.05) is 6.42 Å². The minimum Gasteiger partial charge on any atom is -0.469 e. The molecular formula is C13H11ClO4. The van der Waals surface area contributed by atoms with E-state index in [4.69, 9.17) is 25.5 Å². The van der Waals surface area contributed by atoms with Crippen LogP contribution in [0.1, 0.15) is 17.4 Å². The molecule has 0 radical (unpaired) electrons. The van der Waals surface area contributed by atoms with Gasteiger partial charge < -0.3 is 19.0 Å². The maximum Gasteiger partial charge on any atom is 0.231 e. The summed E-state index contributed by atoms with van der Waals surface area (Å²) >= 11 is 6.06. The monoisotopic (exact) mass is 266 g/mol. The quantitative estimate of drug-likeness (QED) is 0.928. The molecule has 0 amide bonds. The summed E-state index contributed by atoms with van der Waals surface area (Å²) in [7, 11) is 0. The van der Waals surface area contributed by atoms with Crippen LogP contribution in [0.4, 0.5) is 0 Å². The van der Waals surface area contributed by atoms with Crippen LogP contribution in [0, 0.1) is 0 Å². The molecule has 1 aromatic carbocycles. The van der Waals surface area contributed by atoms with Gasteiger partial charge in [0.1, 0.15) is 5.76 Å². The van der Waals surface area contributed by atoms with E-state index in [0.717, 1.165) is 5.76 Å². The third-order valence-electron chi connectivity index (χ3n) is 2.81. The van der Waals surface area contributed by atoms with E-state index in [2.05, 4.69) is 0 Å². The highest BCUT2D eigenvalue weighted by Crippen LogP contribution is 2.41. The van der Waals surface area contributed by atoms with E-state index in [1.807, 2.05) is 6.07 Å². The zero-order chi connectivity index (χ0) is 12.5. The van der Waals surface area contributed by atoms with Crippen molar-refractivity contribution in [2.45, 2.75) is 12.5 Å². The first-order chi connectivity index (χ1) is 8.74. The number of hydrogen-bond acceptors (Lipinski definition) is 4. The van der Waals surface area contributed by atoms with Crippen LogP contribution in [0.5, 0.6) is 11.5 Å². The number of aliphatic hydroxyl groups excluding tert-OH is 1. The van der Waals surface area contributed by atoms with Crippen LogP contribution >= 0.6 is 11.6 Å². The first-order valence-corrected chi connectivity index (χ1v) is 5.91. The third kappa shape index (κ3) is 2.05. The molecule has 0 saturated carbocycles. The van der Waals surface area contributed by atoms with Gasteiger partial charge in [-0.1, -0.05) is 11.6 Å². The maximum atomic E-state index is 10.1. The van der Waals surface area contributed by atoms with Crippen molar-refractivity contribution in [2.24, 2.45) is 0 Å². The summed E-state index contributed by atoms with van der Waals surface area (Å²) in [6, 6.07) is 7.02. The predicted molar refractivity (Wildman–Crippen MR) is 64.9 cm³/mol. The Hall–Kier alpha value is -1.65. The average Bonchev–Trinajstić information content (AvgIpc) is 2.98. The number of hydrogen-bond donors (Lipinski definition) is 1. The molecule has 2 heterocycles. The molecule has 0 aliphatic carbocycles. The standard InChI is InChI=1S/C13H11ClO4/c14-10-4-8(5-12-13(10)18-7-17-12)11(15)6-9-2-1-3-16-9/h1-5,11,15H,6-7H2. The molecule has 2 aromatic rings. The summed E-state index contributed by atoms with van der Waals surface area (Å²) in [5, 5.41) is 10.6. The molecule has 0 spiro atoms. The minimum absolute atomic E-state index is 0.160. The van der Waals surface area contributed by atoms with E-state index < -0.39 is 6.10 Å². The van der Waals surface area contributed by atoms with Gasteiger partial charge in [0.05, 0.1) is 17.4 Å². The zero-order valence-electron chi connectivity index (χ0n) is 9.43. The van der Waals surface area contributed by atoms with Crippen LogP contribution in [-0.4, -0.2) is 11.9 Å². The number of aliphatic hydroxyl groups is 1. The van der Waals surface area contributed by atoms with Crippen molar-refractivity contribution in [2.75, 3.05) is 6.79 Å². The van der Waals surface area contributed by atoms with Crippen LogP contribution in [0.15, 0.2) is 34.9 Å². The highest BCUT2D eigenvalue weighted by molar-refractivity contribution is 6.32. The average molecular weight is 267 g/mol. The topological polar surface area (TPSA) is 51.8 Å². The lowest BCUT2D eigenvalue weighted by Gasteiger charge is -2.11. The fourth-order valence-electron chi connectivity index (χ4n) is 1.92. The Labute approximate surface area is 109 Å². The first-order valence-electron chi connectivity index (χ1n) is 5.53. The van der Waals surface area contributed by atoms with Crippen molar-refractivity contribution in [1.82, 2.24) is 0 Å². The Bertz CT molecular complexity index is 550. The number of fused-ring (bicyclic) bond motifs is 1. The van der Waals surface area contributed by atoms with Crippen molar-refractivity contribution in [3.05, 3.63) is 46.9 Å². The number of furan rings is 1. The Morgan fingerprint density at radius 2 is 2.22 bits per heavy atom. The molecule has 5 heteroatoms. The second kappa shape index (κ2) is 4.55. The highest BCUT2D eigenvalue weighted by atomic mass is 35.5. The van der Waals surface area contributed by atoms with Crippen LogP contribution in [0.2, 0.25) is 5.02 Å². The Balaban J connectivity index is 1.86. The van der Waals surface area contributed by atoms with Crippen molar-refractivity contribution >= 4 is 11.6 Å². The summed E-state index contributed by atoms with van der Waals surface area (Å²) in [6.07, 6.45) is 1.28. The molecular weight excluding hydrogens is 256 g/mol. The number of benzene rings is 1. The van der Waals surface area contributed by atoms with Gasteiger partial charge in [-0.05, 0) is 29.8 Å². The third-order valence-corrected chi connectivity index (χ3v) is 3.09. The zero-order valence-corrected chi connectivity index (χ0v) is 10.2. The molecule has 94 valence electrons. The van der Waals surface area contributed by atoms with Gasteiger partial charge in [-0.25, -0.2) is 0 Å². The fourth-order valence-corrected chi connectivity index (χ4v) is 2.19. The molecule has 1 N–H and O–H groups in total. The van der Waals surface area contributed by atoms with Gasteiger partial charge in [0.15, 0.2) is 11.5 Å². The van der Waals surface area contributed by atoms with Gasteiger partial charge in [0.25, 0.3) is 0 Å². The van der Waals surface area contributed by atoms with Crippen LogP contribution in [0.3, 0.4) is 0 Å². The molecule has 1 aromatic heterocycles. The van der Waals surface area contributed by atoms with E-state index in [0.29, 0.717) is 28.5 Å². The SMILES string of the molecule is OC(Cc1ccco1)c1cc(Cl)c2c(c1)OCO2. The van der Waals surface area contributed by atoms with E-state index >= 15 is 0 Å². The molecule has 1 unspecified atom stereocenters. The fraction of sp³-hybridized carbons (Fsp3) is 0.231. The van der Waals surface area contributed by atoms with Crippen molar-refractivity contribution in [3.8, 4) is 11.5 Å². The van der Waals surface area contributed by atoms with Crippen molar-refractivity contribution in [1.29, 1.82) is 0 Å². The summed E-state index contributed by atoms with van der Waals surface area (Å²) in [6.45, 7) is 0.160. The summed E-state index contributed by atoms with van der Waals surface area (Å²) in [5.41, 5.74) is 0.681. The van der Waals surface area contributed by atoms with Crippen LogP contribution in [0.25, 0.3) is 0 Å². The Kier molecular flexibility index (Phi) is 2.89. The molecule has 0 fully saturated rings. The van der Waals surface area contributed by atoms with Gasteiger partial charge in [0.2, 0.25) is 6.79 Å². The summed E-state index contributed by atoms with van der Waals surface area (Å²) < 4.78 is 15.7. The van der Waals surface area contributed by atoms with E-state index in [-0.39, 0.29) is 6.79 Å². The second-order valence-electron chi connectivity index (χ2n) is 4.04. The van der Waals surface area contributed by atoms with Gasteiger partial charge in [-0.15, -0.1) is 0 Å². The van der Waals surface area contributed by atoms with Gasteiger partial charge in [-0.3, -0.25) is 0 Å². The molecule has 18 heavy (non-hydrogen) atoms. The smallest absolute Gasteiger partial charge is 0.231 e. The van der Waals surface area contributed by atoms with E-state index in [1.54, 1.807) is 24.5 Å². The number of ether oxygens (including phenoxy) is 2. The van der Waals surface area contributed by atoms with E-state index in [9.17, 15) is 5.11 Å². The normalized spacial score (nSPS) is 14.8. The molecule has 1 aliphatic heterocycles. The lowest BCUT2D eigenvalue weighted by atomic mass is 10.0. The molecule has 0 bridgehead atoms. The van der Waals surface area contributed by atoms with Crippen molar-refractivity contribution < 1.29 is 19.0 Å². The predicted octanol–water partition coefficient (Wildman–Crippen LogP) is 2.94. The molecule has 1 atom stereocenters. The number of halogens is 1. The summed E-state index contributed by atoms with van der Waals surface area (Å²) in [5.74, 6) is 1.82. The number of rotatable bonds is 3. The van der Waals surface area contributed by atoms with E-state index in [1.165, 1.54) is 0 Å². The van der Waals surface area contributed by atoms with Crippen molar-refractivity contribution in [3.63, 3.8) is 0 Å². The molecule has 3 rings (SSSR count). The largest absolute Gasteiger partial charge is 0.469 e. The van der Waals surface area contributed by atoms with Gasteiger partial charge in [-0.2, -0.15) is 0 Å². The second-order valence-corrected chi connectivity index (χ2v) is 4.44. The minimum atomic E-state index is -0.692. The molecule has 4 nitrogen and oxygen atoms in total. The molecule has 0 saturated heterocycles. The van der Waals surface area contributed by atoms with Crippen LogP contribution < -0.4 is 9.47 Å². The first kappa shape index (κ1) is 11.4. The maximum absolute atomic E-state index is 10.1. The van der Waals surface area contributed by atoms with Gasteiger partial charge >= 0.3 is 0 Å². The highest BCUT2D eigenvalue weighted by Gasteiger charge is 2.21. The Morgan fingerprint density at radius 1 is 1.33 bits per heavy atom.